The molecule has 0 saturated carbocycles. The smallest absolute Gasteiger partial charge is 0.250 e. The molecule has 2 aromatic carbocycles. The third-order valence-corrected chi connectivity index (χ3v) is 5.61. The van der Waals surface area contributed by atoms with Gasteiger partial charge >= 0.3 is 0 Å². The number of nitrogens with zero attached hydrogens (tertiary/aromatic N) is 4. The number of hydrazone groups is 1. The fourth-order valence-electron chi connectivity index (χ4n) is 3.03. The minimum atomic E-state index is -0.297. The summed E-state index contributed by atoms with van der Waals surface area (Å²) in [5.74, 6) is 2.63. The number of para-hydroxylation sites is 1. The molecule has 1 aromatic heterocycles. The number of allylic oxidation sites excluding steroid dienone is 1. The molecule has 0 aliphatic heterocycles. The van der Waals surface area contributed by atoms with E-state index in [4.69, 9.17) is 18.9 Å². The number of carbonyl (C=O) groups excluding carboxylic acids is 1. The highest BCUT2D eigenvalue weighted by Gasteiger charge is 2.15. The number of methoxy groups -OCH3 is 3. The number of amides is 1. The number of rotatable bonds is 13. The van der Waals surface area contributed by atoms with Gasteiger partial charge in [-0.15, -0.1) is 16.8 Å². The van der Waals surface area contributed by atoms with Gasteiger partial charge in [-0.3, -0.25) is 9.36 Å². The first-order valence-electron chi connectivity index (χ1n) is 10.5. The fourth-order valence-corrected chi connectivity index (χ4v) is 3.79. The van der Waals surface area contributed by atoms with Gasteiger partial charge in [0.15, 0.2) is 22.5 Å². The van der Waals surface area contributed by atoms with Crippen LogP contribution in [0.25, 0.3) is 0 Å². The Balaban J connectivity index is 1.58. The lowest BCUT2D eigenvalue weighted by molar-refractivity contribution is -0.118. The predicted molar refractivity (Wildman–Crippen MR) is 134 cm³/mol. The minimum absolute atomic E-state index is 0.0986. The largest absolute Gasteiger partial charge is 0.493 e. The van der Waals surface area contributed by atoms with Crippen LogP contribution in [0.15, 0.2) is 65.4 Å². The second kappa shape index (κ2) is 13.0. The lowest BCUT2D eigenvalue weighted by atomic mass is 10.2. The molecule has 0 aliphatic rings. The first-order chi connectivity index (χ1) is 17.1. The van der Waals surface area contributed by atoms with E-state index in [9.17, 15) is 4.79 Å². The van der Waals surface area contributed by atoms with Gasteiger partial charge in [0.2, 0.25) is 5.75 Å². The molecule has 0 saturated heterocycles. The number of aromatic nitrogens is 3. The van der Waals surface area contributed by atoms with E-state index in [0.29, 0.717) is 40.3 Å². The summed E-state index contributed by atoms with van der Waals surface area (Å²) < 4.78 is 23.6. The molecule has 184 valence electrons. The maximum Gasteiger partial charge on any atom is 0.250 e. The minimum Gasteiger partial charge on any atom is -0.493 e. The lowest BCUT2D eigenvalue weighted by Gasteiger charge is -2.12. The van der Waals surface area contributed by atoms with Gasteiger partial charge in [-0.25, -0.2) is 5.43 Å². The summed E-state index contributed by atoms with van der Waals surface area (Å²) in [6, 6.07) is 12.9. The maximum absolute atomic E-state index is 12.3. The Labute approximate surface area is 207 Å². The molecule has 10 nitrogen and oxygen atoms in total. The third-order valence-electron chi connectivity index (χ3n) is 4.64. The van der Waals surface area contributed by atoms with Crippen LogP contribution in [0.2, 0.25) is 0 Å². The van der Waals surface area contributed by atoms with E-state index in [-0.39, 0.29) is 18.3 Å². The average molecular weight is 498 g/mol. The highest BCUT2D eigenvalue weighted by molar-refractivity contribution is 7.99. The van der Waals surface area contributed by atoms with E-state index in [1.807, 2.05) is 34.9 Å². The molecule has 0 atom stereocenters. The summed E-state index contributed by atoms with van der Waals surface area (Å²) in [5.41, 5.74) is 3.17. The van der Waals surface area contributed by atoms with Crippen molar-refractivity contribution in [3.8, 4) is 23.0 Å². The molecule has 0 fully saturated rings. The summed E-state index contributed by atoms with van der Waals surface area (Å²) in [5, 5.41) is 13.0. The van der Waals surface area contributed by atoms with E-state index in [0.717, 1.165) is 5.75 Å². The van der Waals surface area contributed by atoms with Crippen LogP contribution in [0.5, 0.6) is 23.0 Å². The molecule has 35 heavy (non-hydrogen) atoms. The van der Waals surface area contributed by atoms with Crippen molar-refractivity contribution in [2.75, 3.05) is 27.1 Å². The highest BCUT2D eigenvalue weighted by Crippen LogP contribution is 2.37. The van der Waals surface area contributed by atoms with Crippen molar-refractivity contribution in [3.05, 3.63) is 66.5 Å². The molecule has 0 bridgehead atoms. The number of ether oxygens (including phenoxy) is 4. The van der Waals surface area contributed by atoms with Crippen molar-refractivity contribution in [1.29, 1.82) is 0 Å². The highest BCUT2D eigenvalue weighted by atomic mass is 32.2. The maximum atomic E-state index is 12.3. The normalized spacial score (nSPS) is 10.7. The topological polar surface area (TPSA) is 109 Å². The van der Waals surface area contributed by atoms with Gasteiger partial charge in [0.05, 0.1) is 33.3 Å². The summed E-state index contributed by atoms with van der Waals surface area (Å²) >= 11 is 1.24. The molecular formula is C24H27N5O5S. The number of benzene rings is 2. The SMILES string of the molecule is C=CCn1c(COc2ccccc2)nnc1SCC(=O)NN=Cc1cc(OC)c(OC)c(OC)c1. The van der Waals surface area contributed by atoms with Gasteiger partial charge in [-0.05, 0) is 24.3 Å². The molecule has 1 N–H and O–H groups in total. The second-order valence-electron chi connectivity index (χ2n) is 6.94. The van der Waals surface area contributed by atoms with Crippen molar-refractivity contribution in [1.82, 2.24) is 20.2 Å². The van der Waals surface area contributed by atoms with Crippen molar-refractivity contribution >= 4 is 23.9 Å². The standard InChI is InChI=1S/C24H27N5O5S/c1-5-11-29-21(15-34-18-9-7-6-8-10-18)26-28-24(29)35-16-22(30)27-25-14-17-12-19(31-2)23(33-4)20(13-17)32-3/h5-10,12-14H,1,11,15-16H2,2-4H3,(H,27,30). The third kappa shape index (κ3) is 7.00. The van der Waals surface area contributed by atoms with Gasteiger partial charge in [0.25, 0.3) is 5.91 Å². The molecule has 1 amide bonds. The predicted octanol–water partition coefficient (Wildman–Crippen LogP) is 3.31. The van der Waals surface area contributed by atoms with Crippen LogP contribution in [0.1, 0.15) is 11.4 Å². The summed E-state index contributed by atoms with van der Waals surface area (Å²) in [4.78, 5) is 12.3. The van der Waals surface area contributed by atoms with E-state index < -0.39 is 0 Å². The van der Waals surface area contributed by atoms with E-state index in [1.165, 1.54) is 39.3 Å². The van der Waals surface area contributed by atoms with Crippen LogP contribution < -0.4 is 24.4 Å². The average Bonchev–Trinajstić information content (AvgIpc) is 3.27. The van der Waals surface area contributed by atoms with Crippen LogP contribution in [-0.2, 0) is 17.9 Å². The molecule has 0 radical (unpaired) electrons. The Morgan fingerprint density at radius 3 is 2.46 bits per heavy atom. The Hall–Kier alpha value is -3.99. The van der Waals surface area contributed by atoms with Gasteiger partial charge in [0.1, 0.15) is 12.4 Å². The van der Waals surface area contributed by atoms with Gasteiger partial charge in [-0.2, -0.15) is 5.10 Å². The quantitative estimate of drug-likeness (QED) is 0.166. The van der Waals surface area contributed by atoms with Crippen molar-refractivity contribution in [2.45, 2.75) is 18.3 Å². The number of hydrogen-bond donors (Lipinski definition) is 1. The molecule has 0 unspecified atom stereocenters. The van der Waals surface area contributed by atoms with Crippen molar-refractivity contribution < 1.29 is 23.7 Å². The Bertz CT molecular complexity index is 1140. The monoisotopic (exact) mass is 497 g/mol. The molecule has 0 aliphatic carbocycles. The fraction of sp³-hybridized carbons (Fsp3) is 0.250. The summed E-state index contributed by atoms with van der Waals surface area (Å²) in [6.45, 7) is 4.52. The van der Waals surface area contributed by atoms with Crippen LogP contribution >= 0.6 is 11.8 Å². The van der Waals surface area contributed by atoms with E-state index in [2.05, 4.69) is 27.3 Å². The molecule has 3 aromatic rings. The van der Waals surface area contributed by atoms with E-state index in [1.54, 1.807) is 18.2 Å². The second-order valence-corrected chi connectivity index (χ2v) is 7.88. The zero-order valence-electron chi connectivity index (χ0n) is 19.8. The van der Waals surface area contributed by atoms with Crippen LogP contribution in [0.4, 0.5) is 0 Å². The Morgan fingerprint density at radius 1 is 1.11 bits per heavy atom. The summed E-state index contributed by atoms with van der Waals surface area (Å²) in [7, 11) is 4.59. The van der Waals surface area contributed by atoms with Gasteiger partial charge in [0, 0.05) is 12.1 Å². The van der Waals surface area contributed by atoms with Crippen LogP contribution in [0, 0.1) is 0 Å². The van der Waals surface area contributed by atoms with Gasteiger partial charge < -0.3 is 18.9 Å². The Morgan fingerprint density at radius 2 is 1.83 bits per heavy atom. The number of thioether (sulfide) groups is 1. The van der Waals surface area contributed by atoms with Gasteiger partial charge in [-0.1, -0.05) is 36.0 Å². The molecule has 3 rings (SSSR count). The molecular weight excluding hydrogens is 470 g/mol. The molecule has 11 heteroatoms. The number of nitrogens with one attached hydrogen (secondary N) is 1. The summed E-state index contributed by atoms with van der Waals surface area (Å²) in [6.07, 6.45) is 3.23. The number of carbonyl (C=O) groups is 1. The first kappa shape index (κ1) is 25.6. The molecule has 1 heterocycles. The first-order valence-corrected chi connectivity index (χ1v) is 11.5. The van der Waals surface area contributed by atoms with Crippen molar-refractivity contribution in [3.63, 3.8) is 0 Å². The zero-order valence-corrected chi connectivity index (χ0v) is 20.6. The van der Waals surface area contributed by atoms with E-state index >= 15 is 0 Å². The van der Waals surface area contributed by atoms with Crippen LogP contribution in [0.3, 0.4) is 0 Å². The van der Waals surface area contributed by atoms with Crippen molar-refractivity contribution in [2.24, 2.45) is 5.10 Å². The van der Waals surface area contributed by atoms with Crippen LogP contribution in [-0.4, -0.2) is 54.0 Å². The zero-order chi connectivity index (χ0) is 25.0. The molecule has 0 spiro atoms. The number of hydrogen-bond acceptors (Lipinski definition) is 9. The Kier molecular flexibility index (Phi) is 9.55. The lowest BCUT2D eigenvalue weighted by Crippen LogP contribution is -2.20.